The van der Waals surface area contributed by atoms with Crippen LogP contribution in [-0.2, 0) is 9.53 Å². The van der Waals surface area contributed by atoms with Crippen LogP contribution in [0.1, 0.15) is 24.8 Å². The lowest BCUT2D eigenvalue weighted by atomic mass is 10.1. The second-order valence-corrected chi connectivity index (χ2v) is 6.69. The van der Waals surface area contributed by atoms with Gasteiger partial charge in [-0.25, -0.2) is 0 Å². The summed E-state index contributed by atoms with van der Waals surface area (Å²) in [5, 5.41) is 0. The normalized spacial score (nSPS) is 22.8. The molecule has 0 N–H and O–H groups in total. The van der Waals surface area contributed by atoms with Crippen molar-refractivity contribution in [3.05, 3.63) is 29.8 Å². The van der Waals surface area contributed by atoms with Gasteiger partial charge in [-0.05, 0) is 43.0 Å². The largest absolute Gasteiger partial charge is 0.486 e. The van der Waals surface area contributed by atoms with Crippen LogP contribution in [0.5, 0.6) is 11.5 Å². The average molecular weight is 329 g/mol. The Morgan fingerprint density at radius 3 is 2.71 bits per heavy atom. The van der Waals surface area contributed by atoms with Crippen molar-refractivity contribution in [2.45, 2.75) is 25.3 Å². The smallest absolute Gasteiger partial charge is 0.246 e. The second-order valence-electron chi connectivity index (χ2n) is 6.69. The molecule has 0 bridgehead atoms. The number of benzene rings is 1. The molecule has 1 saturated heterocycles. The van der Waals surface area contributed by atoms with Crippen LogP contribution in [-0.4, -0.2) is 49.8 Å². The van der Waals surface area contributed by atoms with Crippen LogP contribution in [0.3, 0.4) is 0 Å². The zero-order valence-electron chi connectivity index (χ0n) is 13.8. The minimum Gasteiger partial charge on any atom is -0.486 e. The third-order valence-electron chi connectivity index (χ3n) is 4.73. The van der Waals surface area contributed by atoms with Crippen molar-refractivity contribution in [2.24, 2.45) is 5.92 Å². The number of rotatable bonds is 5. The monoisotopic (exact) mass is 329 g/mol. The zero-order valence-corrected chi connectivity index (χ0v) is 13.8. The van der Waals surface area contributed by atoms with Crippen molar-refractivity contribution < 1.29 is 19.0 Å². The molecule has 1 saturated carbocycles. The first-order chi connectivity index (χ1) is 11.8. The van der Waals surface area contributed by atoms with Gasteiger partial charge in [0.2, 0.25) is 5.91 Å². The molecule has 2 aliphatic heterocycles. The molecule has 2 fully saturated rings. The van der Waals surface area contributed by atoms with E-state index in [1.165, 1.54) is 0 Å². The van der Waals surface area contributed by atoms with Crippen molar-refractivity contribution in [2.75, 3.05) is 33.0 Å². The third kappa shape index (κ3) is 3.56. The summed E-state index contributed by atoms with van der Waals surface area (Å²) in [5.74, 6) is 2.10. The Kier molecular flexibility index (Phi) is 4.43. The van der Waals surface area contributed by atoms with E-state index in [1.807, 2.05) is 29.2 Å². The summed E-state index contributed by atoms with van der Waals surface area (Å²) in [6.07, 6.45) is 6.84. The van der Waals surface area contributed by atoms with Gasteiger partial charge in [0, 0.05) is 31.2 Å². The van der Waals surface area contributed by atoms with Gasteiger partial charge in [-0.1, -0.05) is 6.07 Å². The summed E-state index contributed by atoms with van der Waals surface area (Å²) >= 11 is 0. The highest BCUT2D eigenvalue weighted by molar-refractivity contribution is 5.92. The molecule has 0 spiro atoms. The number of carbonyl (C=O) groups is 1. The Labute approximate surface area is 142 Å². The molecule has 1 aromatic carbocycles. The minimum atomic E-state index is 0.0966. The van der Waals surface area contributed by atoms with E-state index < -0.39 is 0 Å². The molecule has 2 heterocycles. The molecule has 4 rings (SSSR count). The van der Waals surface area contributed by atoms with E-state index in [-0.39, 0.29) is 5.91 Å². The van der Waals surface area contributed by atoms with Gasteiger partial charge >= 0.3 is 0 Å². The number of nitrogens with zero attached hydrogens (tertiary/aromatic N) is 1. The van der Waals surface area contributed by atoms with E-state index in [0.717, 1.165) is 56.1 Å². The van der Waals surface area contributed by atoms with Gasteiger partial charge in [-0.2, -0.15) is 0 Å². The predicted octanol–water partition coefficient (Wildman–Crippen LogP) is 2.50. The Morgan fingerprint density at radius 2 is 1.96 bits per heavy atom. The molecule has 1 atom stereocenters. The lowest BCUT2D eigenvalue weighted by Crippen LogP contribution is -2.36. The van der Waals surface area contributed by atoms with E-state index in [9.17, 15) is 4.79 Å². The van der Waals surface area contributed by atoms with Crippen LogP contribution in [0.25, 0.3) is 6.08 Å². The van der Waals surface area contributed by atoms with Crippen LogP contribution < -0.4 is 9.47 Å². The van der Waals surface area contributed by atoms with E-state index >= 15 is 0 Å². The van der Waals surface area contributed by atoms with Crippen molar-refractivity contribution in [1.82, 2.24) is 4.90 Å². The van der Waals surface area contributed by atoms with Crippen LogP contribution in [0.2, 0.25) is 0 Å². The van der Waals surface area contributed by atoms with Gasteiger partial charge in [-0.3, -0.25) is 4.79 Å². The highest BCUT2D eigenvalue weighted by Gasteiger charge is 2.33. The van der Waals surface area contributed by atoms with Crippen LogP contribution in [0, 0.1) is 5.92 Å². The van der Waals surface area contributed by atoms with Gasteiger partial charge < -0.3 is 19.1 Å². The molecule has 24 heavy (non-hydrogen) atoms. The fourth-order valence-corrected chi connectivity index (χ4v) is 3.24. The van der Waals surface area contributed by atoms with Crippen molar-refractivity contribution in [3.8, 4) is 11.5 Å². The number of carbonyl (C=O) groups excluding carboxylic acids is 1. The summed E-state index contributed by atoms with van der Waals surface area (Å²) in [6, 6.07) is 6.18. The molecule has 5 nitrogen and oxygen atoms in total. The van der Waals surface area contributed by atoms with Gasteiger partial charge in [0.1, 0.15) is 13.2 Å². The molecular weight excluding hydrogens is 306 g/mol. The lowest BCUT2D eigenvalue weighted by molar-refractivity contribution is -0.127. The summed E-state index contributed by atoms with van der Waals surface area (Å²) < 4.78 is 16.5. The molecule has 1 aliphatic carbocycles. The third-order valence-corrected chi connectivity index (χ3v) is 4.73. The Balaban J connectivity index is 1.42. The van der Waals surface area contributed by atoms with Gasteiger partial charge in [0.15, 0.2) is 11.5 Å². The standard InChI is InChI=1S/C19H23NO4/c21-19(20(16-3-4-16)12-15-7-8-22-13-15)6-2-14-1-5-17-18(11-14)24-10-9-23-17/h1-2,5-6,11,15-16H,3-4,7-10,12-13H2. The number of hydrogen-bond acceptors (Lipinski definition) is 4. The van der Waals surface area contributed by atoms with E-state index in [2.05, 4.69) is 0 Å². The minimum absolute atomic E-state index is 0.0966. The van der Waals surface area contributed by atoms with Gasteiger partial charge in [-0.15, -0.1) is 0 Å². The molecule has 1 amide bonds. The van der Waals surface area contributed by atoms with Crippen molar-refractivity contribution in [3.63, 3.8) is 0 Å². The Morgan fingerprint density at radius 1 is 1.12 bits per heavy atom. The number of amides is 1. The molecular formula is C19H23NO4. The first kappa shape index (κ1) is 15.5. The SMILES string of the molecule is O=C(C=Cc1ccc2c(c1)OCCO2)N(CC1CCOC1)C1CC1. The summed E-state index contributed by atoms with van der Waals surface area (Å²) in [5.41, 5.74) is 0.951. The van der Waals surface area contributed by atoms with E-state index in [0.29, 0.717) is 25.2 Å². The summed E-state index contributed by atoms with van der Waals surface area (Å²) in [7, 11) is 0. The predicted molar refractivity (Wildman–Crippen MR) is 90.1 cm³/mol. The maximum atomic E-state index is 12.6. The average Bonchev–Trinajstić information content (AvgIpc) is 3.33. The molecule has 0 aromatic heterocycles. The maximum absolute atomic E-state index is 12.6. The molecule has 3 aliphatic rings. The lowest BCUT2D eigenvalue weighted by Gasteiger charge is -2.23. The zero-order chi connectivity index (χ0) is 16.4. The van der Waals surface area contributed by atoms with Crippen LogP contribution >= 0.6 is 0 Å². The quantitative estimate of drug-likeness (QED) is 0.779. The fourth-order valence-electron chi connectivity index (χ4n) is 3.24. The number of fused-ring (bicyclic) bond motifs is 1. The molecule has 1 aromatic rings. The fraction of sp³-hybridized carbons (Fsp3) is 0.526. The topological polar surface area (TPSA) is 48.0 Å². The Hall–Kier alpha value is -2.01. The first-order valence-electron chi connectivity index (χ1n) is 8.76. The van der Waals surface area contributed by atoms with Crippen molar-refractivity contribution in [1.29, 1.82) is 0 Å². The van der Waals surface area contributed by atoms with E-state index in [1.54, 1.807) is 6.08 Å². The highest BCUT2D eigenvalue weighted by Crippen LogP contribution is 2.32. The maximum Gasteiger partial charge on any atom is 0.246 e. The van der Waals surface area contributed by atoms with Crippen molar-refractivity contribution >= 4 is 12.0 Å². The Bertz CT molecular complexity index is 632. The molecule has 0 radical (unpaired) electrons. The second kappa shape index (κ2) is 6.85. The van der Waals surface area contributed by atoms with Crippen LogP contribution in [0.15, 0.2) is 24.3 Å². The summed E-state index contributed by atoms with van der Waals surface area (Å²) in [4.78, 5) is 14.6. The number of ether oxygens (including phenoxy) is 3. The molecule has 1 unspecified atom stereocenters. The highest BCUT2D eigenvalue weighted by atomic mass is 16.6. The van der Waals surface area contributed by atoms with Crippen LogP contribution in [0.4, 0.5) is 0 Å². The molecule has 128 valence electrons. The van der Waals surface area contributed by atoms with E-state index in [4.69, 9.17) is 14.2 Å². The molecule has 5 heteroatoms. The number of hydrogen-bond donors (Lipinski definition) is 0. The van der Waals surface area contributed by atoms with Gasteiger partial charge in [0.05, 0.1) is 6.61 Å². The first-order valence-corrected chi connectivity index (χ1v) is 8.76. The summed E-state index contributed by atoms with van der Waals surface area (Å²) in [6.45, 7) is 3.57. The van der Waals surface area contributed by atoms with Gasteiger partial charge in [0.25, 0.3) is 0 Å².